The maximum Gasteiger partial charge on any atom is 0.267 e. The molecule has 1 aromatic heterocycles. The van der Waals surface area contributed by atoms with E-state index in [2.05, 4.69) is 10.1 Å². The van der Waals surface area contributed by atoms with Crippen molar-refractivity contribution in [2.75, 3.05) is 13.1 Å². The van der Waals surface area contributed by atoms with Crippen molar-refractivity contribution in [1.29, 1.82) is 0 Å². The number of hydrogen-bond donors (Lipinski definition) is 0. The number of hydrogen-bond acceptors (Lipinski definition) is 6. The minimum Gasteiger partial charge on any atom is -0.482 e. The van der Waals surface area contributed by atoms with E-state index >= 15 is 0 Å². The number of ether oxygens (including phenoxy) is 2. The molecule has 1 saturated heterocycles. The van der Waals surface area contributed by atoms with E-state index < -0.39 is 6.10 Å². The molecule has 0 spiro atoms. The van der Waals surface area contributed by atoms with E-state index in [0.717, 1.165) is 44.5 Å². The number of rotatable bonds is 4. The summed E-state index contributed by atoms with van der Waals surface area (Å²) in [6.45, 7) is 3.33. The zero-order valence-corrected chi connectivity index (χ0v) is 16.0. The predicted molar refractivity (Wildman–Crippen MR) is 100 cm³/mol. The Hall–Kier alpha value is -2.57. The van der Waals surface area contributed by atoms with Crippen molar-refractivity contribution in [3.8, 4) is 11.5 Å². The SMILES string of the molecule is CC1Oc2ccccc2OC1C(=O)N1CCCC(Cc2nc(C3CC3)no2)C1. The summed E-state index contributed by atoms with van der Waals surface area (Å²) in [4.78, 5) is 19.6. The number of carbonyl (C=O) groups excluding carboxylic acids is 1. The van der Waals surface area contributed by atoms with Crippen molar-refractivity contribution in [3.63, 3.8) is 0 Å². The van der Waals surface area contributed by atoms with Gasteiger partial charge in [0.05, 0.1) is 0 Å². The standard InChI is InChI=1S/C21H25N3O4/c1-13-19(27-17-7-3-2-6-16(17)26-13)21(25)24-10-4-5-14(12-24)11-18-22-20(23-28-18)15-8-9-15/h2-3,6-7,13-15,19H,4-5,8-12H2,1H3. The van der Waals surface area contributed by atoms with E-state index in [1.165, 1.54) is 0 Å². The molecule has 1 aromatic carbocycles. The molecule has 7 nitrogen and oxygen atoms in total. The summed E-state index contributed by atoms with van der Waals surface area (Å²) in [6, 6.07) is 7.49. The third kappa shape index (κ3) is 3.45. The van der Waals surface area contributed by atoms with Crippen LogP contribution in [0.4, 0.5) is 0 Å². The number of aromatic nitrogens is 2. The van der Waals surface area contributed by atoms with Crippen LogP contribution in [-0.2, 0) is 11.2 Å². The van der Waals surface area contributed by atoms with Crippen LogP contribution >= 0.6 is 0 Å². The molecule has 2 aromatic rings. The second kappa shape index (κ2) is 7.11. The molecular weight excluding hydrogens is 358 g/mol. The summed E-state index contributed by atoms with van der Waals surface area (Å²) < 4.78 is 17.3. The first-order valence-corrected chi connectivity index (χ1v) is 10.2. The van der Waals surface area contributed by atoms with Gasteiger partial charge in [-0.1, -0.05) is 17.3 Å². The van der Waals surface area contributed by atoms with Crippen molar-refractivity contribution < 1.29 is 18.8 Å². The number of para-hydroxylation sites is 2. The molecule has 3 heterocycles. The van der Waals surface area contributed by atoms with Gasteiger partial charge in [0.15, 0.2) is 17.3 Å². The van der Waals surface area contributed by atoms with Crippen molar-refractivity contribution >= 4 is 5.91 Å². The van der Waals surface area contributed by atoms with Gasteiger partial charge in [0.25, 0.3) is 5.91 Å². The maximum atomic E-state index is 13.1. The van der Waals surface area contributed by atoms with E-state index in [1.807, 2.05) is 36.1 Å². The number of amides is 1. The molecule has 0 bridgehead atoms. The highest BCUT2D eigenvalue weighted by molar-refractivity contribution is 5.82. The smallest absolute Gasteiger partial charge is 0.267 e. The van der Waals surface area contributed by atoms with E-state index in [9.17, 15) is 4.79 Å². The molecule has 148 valence electrons. The van der Waals surface area contributed by atoms with Crippen LogP contribution in [0.15, 0.2) is 28.8 Å². The lowest BCUT2D eigenvalue weighted by Crippen LogP contribution is -2.53. The molecule has 7 heteroatoms. The largest absolute Gasteiger partial charge is 0.482 e. The molecule has 5 rings (SSSR count). The molecule has 28 heavy (non-hydrogen) atoms. The Balaban J connectivity index is 1.23. The molecule has 2 aliphatic heterocycles. The summed E-state index contributed by atoms with van der Waals surface area (Å²) in [7, 11) is 0. The molecule has 3 atom stereocenters. The summed E-state index contributed by atoms with van der Waals surface area (Å²) >= 11 is 0. The molecule has 3 aliphatic rings. The number of piperidine rings is 1. The quantitative estimate of drug-likeness (QED) is 0.808. The van der Waals surface area contributed by atoms with Gasteiger partial charge in [-0.3, -0.25) is 4.79 Å². The normalized spacial score (nSPS) is 26.9. The average molecular weight is 383 g/mol. The lowest BCUT2D eigenvalue weighted by atomic mass is 9.94. The fraction of sp³-hybridized carbons (Fsp3) is 0.571. The van der Waals surface area contributed by atoms with Crippen molar-refractivity contribution in [2.45, 2.75) is 57.2 Å². The molecule has 0 N–H and O–H groups in total. The van der Waals surface area contributed by atoms with Crippen LogP contribution in [0.5, 0.6) is 11.5 Å². The van der Waals surface area contributed by atoms with Crippen LogP contribution in [0.25, 0.3) is 0 Å². The van der Waals surface area contributed by atoms with Crippen LogP contribution in [0.3, 0.4) is 0 Å². The van der Waals surface area contributed by atoms with Gasteiger partial charge in [-0.2, -0.15) is 4.98 Å². The van der Waals surface area contributed by atoms with Crippen molar-refractivity contribution in [2.24, 2.45) is 5.92 Å². The summed E-state index contributed by atoms with van der Waals surface area (Å²) in [5.74, 6) is 3.69. The fourth-order valence-corrected chi connectivity index (χ4v) is 4.11. The molecule has 1 aliphatic carbocycles. The summed E-state index contributed by atoms with van der Waals surface area (Å²) in [5, 5.41) is 4.10. The molecule has 2 fully saturated rings. The van der Waals surface area contributed by atoms with E-state index in [4.69, 9.17) is 14.0 Å². The Bertz CT molecular complexity index is 863. The maximum absolute atomic E-state index is 13.1. The minimum absolute atomic E-state index is 0.00379. The number of carbonyl (C=O) groups is 1. The van der Waals surface area contributed by atoms with Gasteiger partial charge in [-0.25, -0.2) is 0 Å². The highest BCUT2D eigenvalue weighted by Crippen LogP contribution is 2.38. The van der Waals surface area contributed by atoms with Gasteiger partial charge in [0.1, 0.15) is 6.10 Å². The van der Waals surface area contributed by atoms with Crippen LogP contribution in [0.1, 0.15) is 50.2 Å². The average Bonchev–Trinajstić information content (AvgIpc) is 3.46. The topological polar surface area (TPSA) is 77.7 Å². The summed E-state index contributed by atoms with van der Waals surface area (Å²) in [5.41, 5.74) is 0. The van der Waals surface area contributed by atoms with Gasteiger partial charge in [0.2, 0.25) is 12.0 Å². The van der Waals surface area contributed by atoms with E-state index in [0.29, 0.717) is 35.8 Å². The Labute approximate surface area is 164 Å². The highest BCUT2D eigenvalue weighted by Gasteiger charge is 2.38. The number of benzene rings is 1. The van der Waals surface area contributed by atoms with E-state index in [1.54, 1.807) is 0 Å². The van der Waals surface area contributed by atoms with Crippen molar-refractivity contribution in [1.82, 2.24) is 15.0 Å². The minimum atomic E-state index is -0.612. The Morgan fingerprint density at radius 1 is 1.18 bits per heavy atom. The number of likely N-dealkylation sites (tertiary alicyclic amines) is 1. The molecule has 1 amide bonds. The predicted octanol–water partition coefficient (Wildman–Crippen LogP) is 2.96. The Kier molecular flexibility index (Phi) is 4.45. The first-order valence-electron chi connectivity index (χ1n) is 10.2. The third-order valence-corrected chi connectivity index (χ3v) is 5.81. The van der Waals surface area contributed by atoms with E-state index in [-0.39, 0.29) is 12.0 Å². The lowest BCUT2D eigenvalue weighted by Gasteiger charge is -2.37. The molecule has 0 radical (unpaired) electrons. The van der Waals surface area contributed by atoms with Crippen LogP contribution in [-0.4, -0.2) is 46.2 Å². The van der Waals surface area contributed by atoms with Crippen LogP contribution in [0.2, 0.25) is 0 Å². The Morgan fingerprint density at radius 2 is 1.96 bits per heavy atom. The lowest BCUT2D eigenvalue weighted by molar-refractivity contribution is -0.146. The van der Waals surface area contributed by atoms with Gasteiger partial charge in [-0.05, 0) is 50.7 Å². The summed E-state index contributed by atoms with van der Waals surface area (Å²) in [6.07, 6.45) is 4.15. The van der Waals surface area contributed by atoms with Gasteiger partial charge >= 0.3 is 0 Å². The van der Waals surface area contributed by atoms with Gasteiger partial charge in [-0.15, -0.1) is 0 Å². The number of nitrogens with zero attached hydrogens (tertiary/aromatic N) is 3. The van der Waals surface area contributed by atoms with Crippen LogP contribution in [0, 0.1) is 5.92 Å². The zero-order chi connectivity index (χ0) is 19.1. The number of fused-ring (bicyclic) bond motifs is 1. The Morgan fingerprint density at radius 3 is 2.75 bits per heavy atom. The third-order valence-electron chi connectivity index (χ3n) is 5.81. The van der Waals surface area contributed by atoms with Gasteiger partial charge in [0, 0.05) is 25.4 Å². The monoisotopic (exact) mass is 383 g/mol. The zero-order valence-electron chi connectivity index (χ0n) is 16.0. The fourth-order valence-electron chi connectivity index (χ4n) is 4.11. The second-order valence-electron chi connectivity index (χ2n) is 8.13. The molecule has 1 saturated carbocycles. The highest BCUT2D eigenvalue weighted by atomic mass is 16.6. The first kappa shape index (κ1) is 17.5. The van der Waals surface area contributed by atoms with Crippen LogP contribution < -0.4 is 9.47 Å². The second-order valence-corrected chi connectivity index (χ2v) is 8.13. The van der Waals surface area contributed by atoms with Gasteiger partial charge < -0.3 is 18.9 Å². The molecule has 3 unspecified atom stereocenters. The van der Waals surface area contributed by atoms with Crippen molar-refractivity contribution in [3.05, 3.63) is 36.0 Å². The molecular formula is C21H25N3O4. The first-order chi connectivity index (χ1) is 13.7.